The number of methoxy groups -OCH3 is 1. The van der Waals surface area contributed by atoms with E-state index in [9.17, 15) is 13.2 Å². The van der Waals surface area contributed by atoms with Gasteiger partial charge in [0.15, 0.2) is 5.65 Å². The number of fused-ring (bicyclic) bond motifs is 1. The summed E-state index contributed by atoms with van der Waals surface area (Å²) in [5, 5.41) is 8.03. The van der Waals surface area contributed by atoms with Gasteiger partial charge >= 0.3 is 6.36 Å². The number of nitrogens with zero attached hydrogens (tertiary/aromatic N) is 4. The second-order valence-corrected chi connectivity index (χ2v) is 7.74. The molecule has 10 heteroatoms. The summed E-state index contributed by atoms with van der Waals surface area (Å²) < 4.78 is 45.3. The Morgan fingerprint density at radius 1 is 1.06 bits per heavy atom. The van der Waals surface area contributed by atoms with Crippen LogP contribution < -0.4 is 14.8 Å². The van der Waals surface area contributed by atoms with Crippen molar-refractivity contribution in [1.29, 1.82) is 0 Å². The van der Waals surface area contributed by atoms with E-state index < -0.39 is 6.36 Å². The number of imidazole rings is 1. The Balaban J connectivity index is 0.000000195. The molecule has 0 bridgehead atoms. The van der Waals surface area contributed by atoms with Gasteiger partial charge in [0, 0.05) is 6.54 Å². The van der Waals surface area contributed by atoms with Gasteiger partial charge in [-0.1, -0.05) is 0 Å². The molecule has 1 aromatic carbocycles. The third-order valence-corrected chi connectivity index (χ3v) is 5.24. The van der Waals surface area contributed by atoms with Crippen molar-refractivity contribution in [1.82, 2.24) is 19.5 Å². The maximum atomic E-state index is 11.7. The number of alkyl halides is 3. The van der Waals surface area contributed by atoms with Gasteiger partial charge in [-0.3, -0.25) is 0 Å². The molecule has 3 heterocycles. The van der Waals surface area contributed by atoms with Crippen LogP contribution in [0, 0.1) is 12.8 Å². The van der Waals surface area contributed by atoms with Crippen molar-refractivity contribution in [3.05, 3.63) is 48.3 Å². The molecule has 4 rings (SSSR count). The minimum atomic E-state index is -4.64. The van der Waals surface area contributed by atoms with E-state index in [2.05, 4.69) is 32.1 Å². The summed E-state index contributed by atoms with van der Waals surface area (Å²) in [7, 11) is 3.63. The molecule has 7 nitrogen and oxygen atoms in total. The van der Waals surface area contributed by atoms with Crippen molar-refractivity contribution >= 4 is 11.5 Å². The smallest absolute Gasteiger partial charge is 0.497 e. The van der Waals surface area contributed by atoms with Crippen LogP contribution in [0.5, 0.6) is 11.5 Å². The van der Waals surface area contributed by atoms with Crippen molar-refractivity contribution in [3.63, 3.8) is 0 Å². The van der Waals surface area contributed by atoms with Crippen molar-refractivity contribution in [2.75, 3.05) is 39.1 Å². The molecule has 1 aliphatic heterocycles. The van der Waals surface area contributed by atoms with Gasteiger partial charge in [-0.25, -0.2) is 9.50 Å². The van der Waals surface area contributed by atoms with Crippen LogP contribution >= 0.6 is 0 Å². The maximum absolute atomic E-state index is 11.7. The number of likely N-dealkylation sites (tertiary alicyclic amines) is 1. The summed E-state index contributed by atoms with van der Waals surface area (Å²) in [6, 6.07) is 9.18. The highest BCUT2D eigenvalue weighted by Crippen LogP contribution is 2.24. The van der Waals surface area contributed by atoms with Crippen LogP contribution in [0.4, 0.5) is 19.0 Å². The Morgan fingerprint density at radius 3 is 2.34 bits per heavy atom. The summed E-state index contributed by atoms with van der Waals surface area (Å²) in [6.07, 6.45) is -0.247. The van der Waals surface area contributed by atoms with Gasteiger partial charge in [0.05, 0.1) is 19.0 Å². The number of aryl methyl sites for hydroxylation is 1. The fraction of sp³-hybridized carbons (Fsp3) is 0.455. The van der Waals surface area contributed by atoms with E-state index in [1.54, 1.807) is 0 Å². The summed E-state index contributed by atoms with van der Waals surface area (Å²) in [5.74, 6) is 1.92. The van der Waals surface area contributed by atoms with E-state index in [0.29, 0.717) is 5.75 Å². The lowest BCUT2D eigenvalue weighted by Crippen LogP contribution is -2.33. The number of rotatable bonds is 5. The molecule has 0 radical (unpaired) electrons. The van der Waals surface area contributed by atoms with Gasteiger partial charge in [-0.2, -0.15) is 0 Å². The van der Waals surface area contributed by atoms with E-state index in [4.69, 9.17) is 4.74 Å². The van der Waals surface area contributed by atoms with E-state index in [-0.39, 0.29) is 5.75 Å². The van der Waals surface area contributed by atoms with Crippen LogP contribution in [0.3, 0.4) is 0 Å². The molecule has 32 heavy (non-hydrogen) atoms. The molecular formula is C22H28F3N5O2. The predicted molar refractivity (Wildman–Crippen MR) is 116 cm³/mol. The highest BCUT2D eigenvalue weighted by Gasteiger charge is 2.30. The molecule has 0 saturated carbocycles. The average Bonchev–Trinajstić information content (AvgIpc) is 3.13. The largest absolute Gasteiger partial charge is 0.573 e. The van der Waals surface area contributed by atoms with Crippen LogP contribution in [-0.2, 0) is 0 Å². The van der Waals surface area contributed by atoms with Crippen LogP contribution in [0.15, 0.2) is 42.6 Å². The monoisotopic (exact) mass is 451 g/mol. The molecule has 0 spiro atoms. The number of hydrogen-bond acceptors (Lipinski definition) is 6. The number of ether oxygens (including phenoxy) is 2. The Hall–Kier alpha value is -3.01. The first-order valence-corrected chi connectivity index (χ1v) is 10.4. The molecular weight excluding hydrogens is 423 g/mol. The van der Waals surface area contributed by atoms with Gasteiger partial charge in [0.1, 0.15) is 17.3 Å². The molecule has 0 aliphatic carbocycles. The molecule has 1 N–H and O–H groups in total. The van der Waals surface area contributed by atoms with Crippen LogP contribution in [-0.4, -0.2) is 59.7 Å². The lowest BCUT2D eigenvalue weighted by atomic mass is 9.97. The van der Waals surface area contributed by atoms with E-state index in [0.717, 1.165) is 29.6 Å². The van der Waals surface area contributed by atoms with Crippen LogP contribution in [0.1, 0.15) is 18.5 Å². The first-order chi connectivity index (χ1) is 15.2. The van der Waals surface area contributed by atoms with E-state index in [1.165, 1.54) is 57.3 Å². The highest BCUT2D eigenvalue weighted by molar-refractivity contribution is 5.45. The standard InChI is InChI=1S/C14H21N5.C8H7F3O2/c1-11-9-16-14-4-3-13(17-19(11)14)15-10-12-5-7-18(2)8-6-12;1-12-6-2-4-7(5-3-6)13-8(9,10)11/h3-4,9,12H,5-8,10H2,1-2H3,(H,15,17);2-5H,1H3. The van der Waals surface area contributed by atoms with Gasteiger partial charge in [0.25, 0.3) is 0 Å². The average molecular weight is 451 g/mol. The zero-order valence-corrected chi connectivity index (χ0v) is 18.4. The molecule has 3 aromatic rings. The zero-order chi connectivity index (χ0) is 23.1. The summed E-state index contributed by atoms with van der Waals surface area (Å²) in [4.78, 5) is 6.68. The lowest BCUT2D eigenvalue weighted by molar-refractivity contribution is -0.274. The zero-order valence-electron chi connectivity index (χ0n) is 18.4. The van der Waals surface area contributed by atoms with Crippen molar-refractivity contribution < 1.29 is 22.6 Å². The predicted octanol–water partition coefficient (Wildman–Crippen LogP) is 4.39. The molecule has 1 saturated heterocycles. The van der Waals surface area contributed by atoms with Crippen molar-refractivity contribution in [2.24, 2.45) is 5.92 Å². The number of anilines is 1. The van der Waals surface area contributed by atoms with Crippen molar-refractivity contribution in [2.45, 2.75) is 26.1 Å². The summed E-state index contributed by atoms with van der Waals surface area (Å²) >= 11 is 0. The number of benzene rings is 1. The minimum absolute atomic E-state index is 0.256. The quantitative estimate of drug-likeness (QED) is 0.621. The molecule has 0 amide bonds. The molecule has 0 unspecified atom stereocenters. The normalized spacial score (nSPS) is 15.2. The summed E-state index contributed by atoms with van der Waals surface area (Å²) in [5.41, 5.74) is 1.97. The van der Waals surface area contributed by atoms with Gasteiger partial charge < -0.3 is 19.7 Å². The number of piperidine rings is 1. The molecule has 0 atom stereocenters. The number of nitrogens with one attached hydrogen (secondary N) is 1. The minimum Gasteiger partial charge on any atom is -0.497 e. The Bertz CT molecular complexity index is 983. The molecule has 1 fully saturated rings. The van der Waals surface area contributed by atoms with Crippen LogP contribution in [0.2, 0.25) is 0 Å². The van der Waals surface area contributed by atoms with E-state index >= 15 is 0 Å². The molecule has 1 aliphatic rings. The Labute approximate surface area is 185 Å². The van der Waals surface area contributed by atoms with Gasteiger partial charge in [-0.05, 0) is 82.2 Å². The highest BCUT2D eigenvalue weighted by atomic mass is 19.4. The van der Waals surface area contributed by atoms with Gasteiger partial charge in [-0.15, -0.1) is 18.3 Å². The fourth-order valence-corrected chi connectivity index (χ4v) is 3.37. The first-order valence-electron chi connectivity index (χ1n) is 10.4. The van der Waals surface area contributed by atoms with Gasteiger partial charge in [0.2, 0.25) is 0 Å². The number of halogens is 3. The first kappa shape index (κ1) is 23.6. The SMILES string of the molecule is COc1ccc(OC(F)(F)F)cc1.Cc1cnc2ccc(NCC3CCN(C)CC3)nn12. The third-order valence-electron chi connectivity index (χ3n) is 5.24. The fourth-order valence-electron chi connectivity index (χ4n) is 3.37. The second kappa shape index (κ2) is 10.5. The lowest BCUT2D eigenvalue weighted by Gasteiger charge is -2.29. The number of aromatic nitrogens is 3. The number of hydrogen-bond donors (Lipinski definition) is 1. The van der Waals surface area contributed by atoms with Crippen molar-refractivity contribution in [3.8, 4) is 11.5 Å². The second-order valence-electron chi connectivity index (χ2n) is 7.74. The maximum Gasteiger partial charge on any atom is 0.573 e. The topological polar surface area (TPSA) is 63.9 Å². The molecule has 174 valence electrons. The van der Waals surface area contributed by atoms with Crippen LogP contribution in [0.25, 0.3) is 5.65 Å². The molecule has 2 aromatic heterocycles. The van der Waals surface area contributed by atoms with E-state index in [1.807, 2.05) is 29.8 Å². The Kier molecular flexibility index (Phi) is 7.79. The summed E-state index contributed by atoms with van der Waals surface area (Å²) in [6.45, 7) is 5.45. The third kappa shape index (κ3) is 7.01. The Morgan fingerprint density at radius 2 is 1.72 bits per heavy atom.